The number of ketones is 1. The van der Waals surface area contributed by atoms with E-state index in [0.29, 0.717) is 11.3 Å². The number of esters is 1. The van der Waals surface area contributed by atoms with Gasteiger partial charge in [0.25, 0.3) is 5.91 Å². The van der Waals surface area contributed by atoms with Crippen LogP contribution in [-0.2, 0) is 9.53 Å². The number of hydrogen-bond acceptors (Lipinski definition) is 5. The van der Waals surface area contributed by atoms with Crippen molar-refractivity contribution in [1.82, 2.24) is 0 Å². The van der Waals surface area contributed by atoms with Gasteiger partial charge in [-0.15, -0.1) is 0 Å². The molecular formula is C15H13NO5. The molecule has 108 valence electrons. The molecule has 1 aromatic carbocycles. The van der Waals surface area contributed by atoms with E-state index < -0.39 is 5.97 Å². The van der Waals surface area contributed by atoms with E-state index in [-0.39, 0.29) is 24.1 Å². The molecule has 0 atom stereocenters. The Morgan fingerprint density at radius 2 is 1.86 bits per heavy atom. The zero-order valence-corrected chi connectivity index (χ0v) is 11.3. The Bertz CT molecular complexity index is 643. The second-order valence-corrected chi connectivity index (χ2v) is 4.29. The normalized spacial score (nSPS) is 9.95. The van der Waals surface area contributed by atoms with Crippen molar-refractivity contribution in [3.63, 3.8) is 0 Å². The molecule has 0 aliphatic rings. The summed E-state index contributed by atoms with van der Waals surface area (Å²) < 4.78 is 9.74. The molecule has 6 heteroatoms. The lowest BCUT2D eigenvalue weighted by atomic mass is 10.2. The summed E-state index contributed by atoms with van der Waals surface area (Å²) in [5.74, 6) is -1.01. The number of nitrogens with one attached hydrogen (secondary N) is 1. The molecule has 1 aromatic heterocycles. The summed E-state index contributed by atoms with van der Waals surface area (Å²) in [6, 6.07) is 9.28. The first-order valence-corrected chi connectivity index (χ1v) is 6.18. The molecular weight excluding hydrogens is 274 g/mol. The van der Waals surface area contributed by atoms with Crippen LogP contribution >= 0.6 is 0 Å². The summed E-state index contributed by atoms with van der Waals surface area (Å²) in [4.78, 5) is 34.1. The number of ether oxygens (including phenoxy) is 1. The van der Waals surface area contributed by atoms with Gasteiger partial charge in [0.1, 0.15) is 6.61 Å². The first-order chi connectivity index (χ1) is 10.1. The lowest BCUT2D eigenvalue weighted by Crippen LogP contribution is -2.12. The predicted octanol–water partition coefficient (Wildman–Crippen LogP) is 2.28. The second kappa shape index (κ2) is 6.51. The van der Waals surface area contributed by atoms with Crippen LogP contribution in [0.1, 0.15) is 27.8 Å². The third kappa shape index (κ3) is 4.04. The smallest absolute Gasteiger partial charge is 0.338 e. The van der Waals surface area contributed by atoms with E-state index in [4.69, 9.17) is 9.15 Å². The van der Waals surface area contributed by atoms with Gasteiger partial charge in [0.15, 0.2) is 11.5 Å². The first-order valence-electron chi connectivity index (χ1n) is 6.18. The first kappa shape index (κ1) is 14.5. The maximum atomic E-state index is 11.7. The van der Waals surface area contributed by atoms with Crippen molar-refractivity contribution < 1.29 is 23.5 Å². The zero-order valence-electron chi connectivity index (χ0n) is 11.3. The van der Waals surface area contributed by atoms with Crippen LogP contribution in [0.15, 0.2) is 47.1 Å². The van der Waals surface area contributed by atoms with Gasteiger partial charge in [-0.25, -0.2) is 4.79 Å². The van der Waals surface area contributed by atoms with Gasteiger partial charge in [0.2, 0.25) is 0 Å². The van der Waals surface area contributed by atoms with Gasteiger partial charge in [0.05, 0.1) is 11.8 Å². The van der Waals surface area contributed by atoms with Gasteiger partial charge >= 0.3 is 5.97 Å². The van der Waals surface area contributed by atoms with Crippen molar-refractivity contribution in [2.75, 3.05) is 11.9 Å². The molecule has 0 aliphatic carbocycles. The molecule has 0 radical (unpaired) electrons. The minimum absolute atomic E-state index is 0.194. The van der Waals surface area contributed by atoms with Crippen LogP contribution in [-0.4, -0.2) is 24.3 Å². The molecule has 6 nitrogen and oxygen atoms in total. The number of amides is 1. The van der Waals surface area contributed by atoms with E-state index in [9.17, 15) is 14.4 Å². The number of rotatable bonds is 5. The van der Waals surface area contributed by atoms with Crippen molar-refractivity contribution in [3.8, 4) is 0 Å². The molecule has 0 saturated heterocycles. The zero-order chi connectivity index (χ0) is 15.2. The third-order valence-electron chi connectivity index (χ3n) is 2.53. The molecule has 0 bridgehead atoms. The molecule has 1 heterocycles. The topological polar surface area (TPSA) is 85.6 Å². The molecule has 0 spiro atoms. The van der Waals surface area contributed by atoms with Crippen molar-refractivity contribution in [1.29, 1.82) is 0 Å². The Hall–Kier alpha value is -2.89. The summed E-state index contributed by atoms with van der Waals surface area (Å²) >= 11 is 0. The van der Waals surface area contributed by atoms with Gasteiger partial charge in [-0.3, -0.25) is 9.59 Å². The lowest BCUT2D eigenvalue weighted by Gasteiger charge is -2.05. The number of anilines is 1. The molecule has 2 aromatic rings. The Morgan fingerprint density at radius 3 is 2.43 bits per heavy atom. The molecule has 0 unspecified atom stereocenters. The number of hydrogen-bond donors (Lipinski definition) is 1. The Morgan fingerprint density at radius 1 is 1.14 bits per heavy atom. The molecule has 0 aliphatic heterocycles. The summed E-state index contributed by atoms with van der Waals surface area (Å²) in [6.45, 7) is 1.08. The number of carbonyl (C=O) groups excluding carboxylic acids is 3. The van der Waals surface area contributed by atoms with Gasteiger partial charge in [-0.1, -0.05) is 0 Å². The Kier molecular flexibility index (Phi) is 4.50. The van der Waals surface area contributed by atoms with Crippen LogP contribution in [0.3, 0.4) is 0 Å². The van der Waals surface area contributed by atoms with Gasteiger partial charge in [-0.2, -0.15) is 0 Å². The fourth-order valence-corrected chi connectivity index (χ4v) is 1.54. The van der Waals surface area contributed by atoms with Crippen molar-refractivity contribution in [3.05, 3.63) is 54.0 Å². The molecule has 2 rings (SSSR count). The van der Waals surface area contributed by atoms with Crippen LogP contribution in [0.2, 0.25) is 0 Å². The summed E-state index contributed by atoms with van der Waals surface area (Å²) in [6.07, 6.45) is 1.41. The Labute approximate surface area is 120 Å². The van der Waals surface area contributed by atoms with E-state index in [1.54, 1.807) is 24.3 Å². The fraction of sp³-hybridized carbons (Fsp3) is 0.133. The largest absolute Gasteiger partial charge is 0.459 e. The number of carbonyl (C=O) groups is 3. The van der Waals surface area contributed by atoms with Crippen LogP contribution < -0.4 is 5.32 Å². The van der Waals surface area contributed by atoms with Crippen LogP contribution in [0, 0.1) is 0 Å². The van der Waals surface area contributed by atoms with E-state index in [1.165, 1.54) is 25.3 Å². The highest BCUT2D eigenvalue weighted by Gasteiger charge is 2.11. The molecule has 21 heavy (non-hydrogen) atoms. The summed E-state index contributed by atoms with van der Waals surface area (Å²) in [7, 11) is 0. The number of furan rings is 1. The minimum atomic E-state index is -0.589. The maximum Gasteiger partial charge on any atom is 0.338 e. The van der Waals surface area contributed by atoms with Gasteiger partial charge in [-0.05, 0) is 43.3 Å². The van der Waals surface area contributed by atoms with Gasteiger partial charge < -0.3 is 14.5 Å². The monoisotopic (exact) mass is 287 g/mol. The number of benzene rings is 1. The van der Waals surface area contributed by atoms with E-state index in [1.807, 2.05) is 0 Å². The highest BCUT2D eigenvalue weighted by Crippen LogP contribution is 2.12. The van der Waals surface area contributed by atoms with Gasteiger partial charge in [0, 0.05) is 5.69 Å². The summed E-state index contributed by atoms with van der Waals surface area (Å²) in [5.41, 5.74) is 0.812. The second-order valence-electron chi connectivity index (χ2n) is 4.29. The van der Waals surface area contributed by atoms with Crippen LogP contribution in [0.5, 0.6) is 0 Å². The highest BCUT2D eigenvalue weighted by molar-refractivity contribution is 6.02. The van der Waals surface area contributed by atoms with Crippen molar-refractivity contribution >= 4 is 23.3 Å². The SMILES string of the molecule is CC(=O)COC(=O)c1ccc(NC(=O)c2ccco2)cc1. The molecule has 1 N–H and O–H groups in total. The molecule has 1 amide bonds. The van der Waals surface area contributed by atoms with Crippen molar-refractivity contribution in [2.24, 2.45) is 0 Å². The van der Waals surface area contributed by atoms with Crippen molar-refractivity contribution in [2.45, 2.75) is 6.92 Å². The Balaban J connectivity index is 1.97. The molecule has 0 fully saturated rings. The maximum absolute atomic E-state index is 11.7. The van der Waals surface area contributed by atoms with E-state index in [2.05, 4.69) is 5.32 Å². The number of Topliss-reactive ketones (excluding diaryl/α,β-unsaturated/α-hetero) is 1. The highest BCUT2D eigenvalue weighted by atomic mass is 16.5. The summed E-state index contributed by atoms with van der Waals surface area (Å²) in [5, 5.41) is 2.62. The van der Waals surface area contributed by atoms with Crippen LogP contribution in [0.4, 0.5) is 5.69 Å². The predicted molar refractivity (Wildman–Crippen MR) is 74.1 cm³/mol. The van der Waals surface area contributed by atoms with Crippen LogP contribution in [0.25, 0.3) is 0 Å². The third-order valence-corrected chi connectivity index (χ3v) is 2.53. The standard InChI is InChI=1S/C15H13NO5/c1-10(17)9-21-15(19)11-4-6-12(7-5-11)16-14(18)13-3-2-8-20-13/h2-8H,9H2,1H3,(H,16,18). The van der Waals surface area contributed by atoms with E-state index in [0.717, 1.165) is 0 Å². The fourth-order valence-electron chi connectivity index (χ4n) is 1.54. The lowest BCUT2D eigenvalue weighted by molar-refractivity contribution is -0.120. The quantitative estimate of drug-likeness (QED) is 0.853. The van der Waals surface area contributed by atoms with E-state index >= 15 is 0 Å². The molecule has 0 saturated carbocycles. The minimum Gasteiger partial charge on any atom is -0.459 e. The average molecular weight is 287 g/mol. The average Bonchev–Trinajstić information content (AvgIpc) is 3.00.